The standard InChI is InChI=1S/C14H29NOS/c1-2-5-14(7-11-16)6-3-4-8-15-9-12-17-13-10-15/h14,16H,2-13H2,1H3/t14-/m0/s1. The average Bonchev–Trinajstić information content (AvgIpc) is 2.36. The van der Waals surface area contributed by atoms with Crippen LogP contribution in [0.2, 0.25) is 0 Å². The fourth-order valence-electron chi connectivity index (χ4n) is 2.62. The number of hydrogen-bond donors (Lipinski definition) is 1. The molecule has 102 valence electrons. The minimum atomic E-state index is 0.369. The first-order valence-corrected chi connectivity index (χ1v) is 8.43. The van der Waals surface area contributed by atoms with E-state index in [9.17, 15) is 0 Å². The molecule has 0 aromatic heterocycles. The van der Waals surface area contributed by atoms with Crippen molar-refractivity contribution in [3.63, 3.8) is 0 Å². The minimum Gasteiger partial charge on any atom is -0.396 e. The zero-order valence-corrected chi connectivity index (χ0v) is 12.2. The second-order valence-electron chi connectivity index (χ2n) is 5.12. The Kier molecular flexibility index (Phi) is 9.21. The summed E-state index contributed by atoms with van der Waals surface area (Å²) in [5.41, 5.74) is 0. The van der Waals surface area contributed by atoms with Crippen molar-refractivity contribution in [3.05, 3.63) is 0 Å². The number of unbranched alkanes of at least 4 members (excludes halogenated alkanes) is 1. The number of hydrogen-bond acceptors (Lipinski definition) is 3. The van der Waals surface area contributed by atoms with Gasteiger partial charge in [-0.15, -0.1) is 0 Å². The molecule has 1 aliphatic heterocycles. The topological polar surface area (TPSA) is 23.5 Å². The summed E-state index contributed by atoms with van der Waals surface area (Å²) in [5, 5.41) is 9.01. The van der Waals surface area contributed by atoms with E-state index in [1.807, 2.05) is 0 Å². The second-order valence-corrected chi connectivity index (χ2v) is 6.34. The molecule has 3 heteroatoms. The van der Waals surface area contributed by atoms with Crippen molar-refractivity contribution in [3.8, 4) is 0 Å². The molecule has 0 aliphatic carbocycles. The van der Waals surface area contributed by atoms with Crippen molar-refractivity contribution in [2.45, 2.75) is 45.4 Å². The van der Waals surface area contributed by atoms with E-state index in [0.29, 0.717) is 6.61 Å². The molecule has 1 saturated heterocycles. The summed E-state index contributed by atoms with van der Waals surface area (Å²) in [7, 11) is 0. The van der Waals surface area contributed by atoms with Gasteiger partial charge in [0.15, 0.2) is 0 Å². The average molecular weight is 259 g/mol. The number of aliphatic hydroxyl groups excluding tert-OH is 1. The fraction of sp³-hybridized carbons (Fsp3) is 1.00. The molecule has 1 atom stereocenters. The zero-order chi connectivity index (χ0) is 12.3. The molecule has 1 rings (SSSR count). The normalized spacial score (nSPS) is 19.4. The van der Waals surface area contributed by atoms with E-state index in [1.165, 1.54) is 63.2 Å². The highest BCUT2D eigenvalue weighted by Gasteiger charge is 2.10. The highest BCUT2D eigenvalue weighted by molar-refractivity contribution is 7.99. The number of aliphatic hydroxyl groups is 1. The van der Waals surface area contributed by atoms with Crippen molar-refractivity contribution in [2.24, 2.45) is 5.92 Å². The Morgan fingerprint density at radius 1 is 1.12 bits per heavy atom. The summed E-state index contributed by atoms with van der Waals surface area (Å²) in [6, 6.07) is 0. The summed E-state index contributed by atoms with van der Waals surface area (Å²) < 4.78 is 0. The van der Waals surface area contributed by atoms with Gasteiger partial charge < -0.3 is 10.0 Å². The first-order chi connectivity index (χ1) is 8.36. The zero-order valence-electron chi connectivity index (χ0n) is 11.4. The number of nitrogens with zero attached hydrogens (tertiary/aromatic N) is 1. The van der Waals surface area contributed by atoms with Crippen LogP contribution in [0.1, 0.15) is 45.4 Å². The van der Waals surface area contributed by atoms with Gasteiger partial charge in [-0.25, -0.2) is 0 Å². The first kappa shape index (κ1) is 15.3. The lowest BCUT2D eigenvalue weighted by Gasteiger charge is -2.26. The van der Waals surface area contributed by atoms with E-state index in [4.69, 9.17) is 5.11 Å². The van der Waals surface area contributed by atoms with E-state index in [0.717, 1.165) is 12.3 Å². The summed E-state index contributed by atoms with van der Waals surface area (Å²) in [4.78, 5) is 2.61. The molecule has 0 radical (unpaired) electrons. The van der Waals surface area contributed by atoms with E-state index in [2.05, 4.69) is 23.6 Å². The molecule has 1 heterocycles. The van der Waals surface area contributed by atoms with Crippen LogP contribution in [0.5, 0.6) is 0 Å². The fourth-order valence-corrected chi connectivity index (χ4v) is 3.60. The van der Waals surface area contributed by atoms with Gasteiger partial charge in [0.2, 0.25) is 0 Å². The van der Waals surface area contributed by atoms with Crippen molar-refractivity contribution >= 4 is 11.8 Å². The minimum absolute atomic E-state index is 0.369. The summed E-state index contributed by atoms with van der Waals surface area (Å²) in [6.45, 7) is 6.49. The molecular formula is C14H29NOS. The molecule has 1 N–H and O–H groups in total. The molecule has 2 nitrogen and oxygen atoms in total. The van der Waals surface area contributed by atoms with E-state index in [1.54, 1.807) is 0 Å². The Balaban J connectivity index is 2.00. The maximum absolute atomic E-state index is 9.01. The van der Waals surface area contributed by atoms with Gasteiger partial charge in [-0.3, -0.25) is 0 Å². The predicted molar refractivity (Wildman–Crippen MR) is 77.7 cm³/mol. The molecule has 1 fully saturated rings. The molecule has 0 unspecified atom stereocenters. The Hall–Kier alpha value is 0.270. The molecular weight excluding hydrogens is 230 g/mol. The van der Waals surface area contributed by atoms with Crippen LogP contribution in [0.3, 0.4) is 0 Å². The van der Waals surface area contributed by atoms with Crippen LogP contribution in [-0.2, 0) is 0 Å². The lowest BCUT2D eigenvalue weighted by atomic mass is 9.94. The Morgan fingerprint density at radius 2 is 1.88 bits per heavy atom. The third-order valence-corrected chi connectivity index (χ3v) is 4.62. The summed E-state index contributed by atoms with van der Waals surface area (Å²) in [6.07, 6.45) is 7.56. The number of rotatable bonds is 9. The highest BCUT2D eigenvalue weighted by atomic mass is 32.2. The summed E-state index contributed by atoms with van der Waals surface area (Å²) in [5.74, 6) is 3.41. The van der Waals surface area contributed by atoms with E-state index in [-0.39, 0.29) is 0 Å². The van der Waals surface area contributed by atoms with Gasteiger partial charge in [-0.1, -0.05) is 32.6 Å². The molecule has 1 aliphatic rings. The predicted octanol–water partition coefficient (Wildman–Crippen LogP) is 3.00. The maximum atomic E-state index is 9.01. The van der Waals surface area contributed by atoms with Crippen molar-refractivity contribution in [1.82, 2.24) is 4.90 Å². The molecule has 0 aromatic carbocycles. The van der Waals surface area contributed by atoms with Gasteiger partial charge in [0.05, 0.1) is 0 Å². The van der Waals surface area contributed by atoms with Gasteiger partial charge >= 0.3 is 0 Å². The smallest absolute Gasteiger partial charge is 0.0433 e. The van der Waals surface area contributed by atoms with E-state index < -0.39 is 0 Å². The molecule has 0 amide bonds. The van der Waals surface area contributed by atoms with Crippen LogP contribution in [0.4, 0.5) is 0 Å². The Bertz CT molecular complexity index is 166. The lowest BCUT2D eigenvalue weighted by molar-refractivity contribution is 0.239. The van der Waals surface area contributed by atoms with Crippen molar-refractivity contribution in [2.75, 3.05) is 37.7 Å². The van der Waals surface area contributed by atoms with Crippen molar-refractivity contribution in [1.29, 1.82) is 0 Å². The first-order valence-electron chi connectivity index (χ1n) is 7.27. The van der Waals surface area contributed by atoms with E-state index >= 15 is 0 Å². The Morgan fingerprint density at radius 3 is 2.53 bits per heavy atom. The SMILES string of the molecule is CCC[C@H](CCO)CCCCN1CCSCC1. The third-order valence-electron chi connectivity index (χ3n) is 3.67. The quantitative estimate of drug-likeness (QED) is 0.644. The molecule has 0 aromatic rings. The monoisotopic (exact) mass is 259 g/mol. The number of thioether (sulfide) groups is 1. The van der Waals surface area contributed by atoms with Crippen LogP contribution in [0.15, 0.2) is 0 Å². The van der Waals surface area contributed by atoms with Gasteiger partial charge in [0, 0.05) is 31.2 Å². The van der Waals surface area contributed by atoms with Crippen LogP contribution in [0.25, 0.3) is 0 Å². The highest BCUT2D eigenvalue weighted by Crippen LogP contribution is 2.18. The van der Waals surface area contributed by atoms with Crippen molar-refractivity contribution < 1.29 is 5.11 Å². The van der Waals surface area contributed by atoms with Gasteiger partial charge in [0.1, 0.15) is 0 Å². The molecule has 0 saturated carbocycles. The molecule has 0 spiro atoms. The molecule has 17 heavy (non-hydrogen) atoms. The van der Waals surface area contributed by atoms with Gasteiger partial charge in [0.25, 0.3) is 0 Å². The van der Waals surface area contributed by atoms with Crippen LogP contribution < -0.4 is 0 Å². The maximum Gasteiger partial charge on any atom is 0.0433 e. The van der Waals surface area contributed by atoms with Crippen LogP contribution in [-0.4, -0.2) is 47.8 Å². The Labute approximate surface area is 111 Å². The van der Waals surface area contributed by atoms with Gasteiger partial charge in [-0.05, 0) is 25.3 Å². The van der Waals surface area contributed by atoms with Gasteiger partial charge in [-0.2, -0.15) is 11.8 Å². The van der Waals surface area contributed by atoms with Crippen LogP contribution in [0, 0.1) is 5.92 Å². The second kappa shape index (κ2) is 10.2. The molecule has 0 bridgehead atoms. The lowest BCUT2D eigenvalue weighted by Crippen LogP contribution is -2.33. The third kappa shape index (κ3) is 7.32. The van der Waals surface area contributed by atoms with Crippen LogP contribution >= 0.6 is 11.8 Å². The summed E-state index contributed by atoms with van der Waals surface area (Å²) >= 11 is 2.09. The largest absolute Gasteiger partial charge is 0.396 e.